The van der Waals surface area contributed by atoms with Crippen molar-refractivity contribution >= 4 is 5.78 Å². The minimum absolute atomic E-state index is 0.342. The molecule has 0 amide bonds. The first-order valence-corrected chi connectivity index (χ1v) is 11.1. The molecule has 5 rings (SSSR count). The lowest BCUT2D eigenvalue weighted by atomic mass is 9.48. The molecule has 0 bridgehead atoms. The van der Waals surface area contributed by atoms with Crippen molar-refractivity contribution in [1.29, 1.82) is 0 Å². The summed E-state index contributed by atoms with van der Waals surface area (Å²) in [7, 11) is 0. The van der Waals surface area contributed by atoms with Gasteiger partial charge in [-0.2, -0.15) is 0 Å². The Bertz CT molecular complexity index is 701. The van der Waals surface area contributed by atoms with E-state index < -0.39 is 0 Å². The Hall–Kier alpha value is -0.890. The molecule has 2 heteroatoms. The lowest BCUT2D eigenvalue weighted by Crippen LogP contribution is -2.50. The van der Waals surface area contributed by atoms with Crippen LogP contribution in [0.4, 0.5) is 0 Å². The summed E-state index contributed by atoms with van der Waals surface area (Å²) < 4.78 is 0. The Morgan fingerprint density at radius 2 is 1.92 bits per heavy atom. The van der Waals surface area contributed by atoms with E-state index in [0.717, 1.165) is 37.0 Å². The van der Waals surface area contributed by atoms with Gasteiger partial charge in [-0.05, 0) is 110 Å². The number of ketones is 1. The van der Waals surface area contributed by atoms with Gasteiger partial charge in [0.25, 0.3) is 0 Å². The highest BCUT2D eigenvalue weighted by Crippen LogP contribution is 2.73. The van der Waals surface area contributed by atoms with Crippen LogP contribution in [0.3, 0.4) is 0 Å². The van der Waals surface area contributed by atoms with Gasteiger partial charge >= 0.3 is 0 Å². The summed E-state index contributed by atoms with van der Waals surface area (Å²) in [6, 6.07) is 0. The number of allylic oxidation sites excluding steroid dienone is 4. The summed E-state index contributed by atoms with van der Waals surface area (Å²) in [6.45, 7) is 5.47. The lowest BCUT2D eigenvalue weighted by Gasteiger charge is -2.56. The van der Waals surface area contributed by atoms with Crippen LogP contribution in [0.5, 0.6) is 0 Å². The number of hydrogen-bond acceptors (Lipinski definition) is 2. The minimum Gasteiger partial charge on any atom is -0.396 e. The highest BCUT2D eigenvalue weighted by atomic mass is 16.3. The van der Waals surface area contributed by atoms with E-state index in [1.165, 1.54) is 50.5 Å². The highest BCUT2D eigenvalue weighted by Gasteiger charge is 2.66. The summed E-state index contributed by atoms with van der Waals surface area (Å²) in [5, 5.41) is 10.2. The number of hydrogen-bond donors (Lipinski definition) is 1. The van der Waals surface area contributed by atoms with E-state index in [2.05, 4.69) is 13.8 Å². The van der Waals surface area contributed by atoms with E-state index in [1.807, 2.05) is 6.08 Å². The van der Waals surface area contributed by atoms with E-state index in [9.17, 15) is 9.90 Å². The molecule has 0 heterocycles. The second-order valence-electron chi connectivity index (χ2n) is 10.2. The molecule has 0 radical (unpaired) electrons. The molecule has 6 atom stereocenters. The topological polar surface area (TPSA) is 37.3 Å². The summed E-state index contributed by atoms with van der Waals surface area (Å²) >= 11 is 0. The highest BCUT2D eigenvalue weighted by molar-refractivity contribution is 5.93. The van der Waals surface area contributed by atoms with Gasteiger partial charge in [0.05, 0.1) is 0 Å². The zero-order chi connectivity index (χ0) is 18.1. The second-order valence-corrected chi connectivity index (χ2v) is 10.2. The number of carbonyl (C=O) groups is 1. The Labute approximate surface area is 158 Å². The molecule has 5 aliphatic carbocycles. The molecule has 1 N–H and O–H groups in total. The summed E-state index contributed by atoms with van der Waals surface area (Å²) in [6.07, 6.45) is 13.8. The van der Waals surface area contributed by atoms with E-state index in [0.29, 0.717) is 29.1 Å². The third-order valence-corrected chi connectivity index (χ3v) is 9.83. The van der Waals surface area contributed by atoms with Crippen molar-refractivity contribution in [3.8, 4) is 0 Å². The molecule has 2 nitrogen and oxygen atoms in total. The zero-order valence-corrected chi connectivity index (χ0v) is 16.5. The molecule has 0 aromatic heterocycles. The maximum atomic E-state index is 11.9. The van der Waals surface area contributed by atoms with Gasteiger partial charge in [0.1, 0.15) is 0 Å². The molecule has 142 valence electrons. The third kappa shape index (κ3) is 2.00. The number of aliphatic hydroxyl groups excluding tert-OH is 1. The van der Waals surface area contributed by atoms with Crippen molar-refractivity contribution in [2.75, 3.05) is 6.61 Å². The molecule has 0 aromatic carbocycles. The van der Waals surface area contributed by atoms with Gasteiger partial charge in [-0.15, -0.1) is 0 Å². The lowest BCUT2D eigenvalue weighted by molar-refractivity contribution is -0.114. The van der Waals surface area contributed by atoms with Crippen molar-refractivity contribution in [2.45, 2.75) is 78.1 Å². The van der Waals surface area contributed by atoms with E-state index >= 15 is 0 Å². The smallest absolute Gasteiger partial charge is 0.156 e. The first-order chi connectivity index (χ1) is 12.5. The number of rotatable bonds is 1. The molecule has 26 heavy (non-hydrogen) atoms. The van der Waals surface area contributed by atoms with Crippen LogP contribution >= 0.6 is 0 Å². The quantitative estimate of drug-likeness (QED) is 0.701. The Morgan fingerprint density at radius 3 is 2.73 bits per heavy atom. The zero-order valence-electron chi connectivity index (χ0n) is 16.5. The van der Waals surface area contributed by atoms with Crippen molar-refractivity contribution in [2.24, 2.45) is 34.5 Å². The normalized spacial score (nSPS) is 47.7. The van der Waals surface area contributed by atoms with E-state index in [1.54, 1.807) is 11.1 Å². The van der Waals surface area contributed by atoms with Gasteiger partial charge < -0.3 is 5.11 Å². The van der Waals surface area contributed by atoms with Gasteiger partial charge in [-0.25, -0.2) is 0 Å². The van der Waals surface area contributed by atoms with Crippen molar-refractivity contribution < 1.29 is 9.90 Å². The van der Waals surface area contributed by atoms with Crippen molar-refractivity contribution in [3.63, 3.8) is 0 Å². The molecule has 1 spiro atoms. The number of carbonyl (C=O) groups excluding carboxylic acids is 1. The van der Waals surface area contributed by atoms with Crippen LogP contribution in [0.15, 0.2) is 22.8 Å². The molecule has 3 fully saturated rings. The van der Waals surface area contributed by atoms with Crippen LogP contribution in [0.1, 0.15) is 78.1 Å². The maximum Gasteiger partial charge on any atom is 0.156 e. The van der Waals surface area contributed by atoms with Crippen LogP contribution in [0.25, 0.3) is 0 Å². The minimum atomic E-state index is 0.342. The average Bonchev–Trinajstić information content (AvgIpc) is 3.13. The predicted molar refractivity (Wildman–Crippen MR) is 104 cm³/mol. The van der Waals surface area contributed by atoms with Gasteiger partial charge in [-0.3, -0.25) is 4.79 Å². The molecule has 5 aliphatic rings. The molecule has 0 aliphatic heterocycles. The number of aliphatic hydroxyl groups is 1. The van der Waals surface area contributed by atoms with Crippen LogP contribution in [-0.2, 0) is 4.79 Å². The van der Waals surface area contributed by atoms with E-state index in [4.69, 9.17) is 0 Å². The largest absolute Gasteiger partial charge is 0.396 e. The molecular formula is C24H34O2. The standard InChI is InChI=1S/C24H34O2/c1-15-3-5-17(14-25)24(15)12-10-22-21-7-4-16-13-18(26)6-8-19(16)20(21)9-11-23(22,24)2/h13,15,17,21-22,25H,3-12,14H2,1-2H3/t15-,17?,21?,22?,23?,24?/m0/s1. The fourth-order valence-electron chi connectivity index (χ4n) is 8.75. The van der Waals surface area contributed by atoms with Crippen LogP contribution < -0.4 is 0 Å². The molecule has 3 saturated carbocycles. The summed E-state index contributed by atoms with van der Waals surface area (Å²) in [5.41, 5.74) is 5.48. The summed E-state index contributed by atoms with van der Waals surface area (Å²) in [4.78, 5) is 11.9. The fourth-order valence-corrected chi connectivity index (χ4v) is 8.75. The van der Waals surface area contributed by atoms with Gasteiger partial charge in [0.15, 0.2) is 5.78 Å². The van der Waals surface area contributed by atoms with E-state index in [-0.39, 0.29) is 0 Å². The maximum absolute atomic E-state index is 11.9. The fraction of sp³-hybridized carbons (Fsp3) is 0.792. The number of fused-ring (bicyclic) bond motifs is 5. The molecule has 5 unspecified atom stereocenters. The van der Waals surface area contributed by atoms with Gasteiger partial charge in [0, 0.05) is 13.0 Å². The van der Waals surface area contributed by atoms with Crippen molar-refractivity contribution in [3.05, 3.63) is 22.8 Å². The summed E-state index contributed by atoms with van der Waals surface area (Å²) in [5.74, 6) is 3.17. The predicted octanol–water partition coefficient (Wildman–Crippen LogP) is 5.22. The first kappa shape index (κ1) is 17.2. The first-order valence-electron chi connectivity index (χ1n) is 11.1. The second kappa shape index (κ2) is 5.80. The van der Waals surface area contributed by atoms with Crippen LogP contribution in [0.2, 0.25) is 0 Å². The molecular weight excluding hydrogens is 320 g/mol. The van der Waals surface area contributed by atoms with Gasteiger partial charge in [0.2, 0.25) is 0 Å². The Balaban J connectivity index is 1.55. The van der Waals surface area contributed by atoms with Crippen LogP contribution in [0, 0.1) is 34.5 Å². The monoisotopic (exact) mass is 354 g/mol. The Kier molecular flexibility index (Phi) is 3.84. The average molecular weight is 355 g/mol. The molecule has 0 saturated heterocycles. The molecule has 0 aromatic rings. The Morgan fingerprint density at radius 1 is 1.08 bits per heavy atom. The van der Waals surface area contributed by atoms with Crippen molar-refractivity contribution in [1.82, 2.24) is 0 Å². The third-order valence-electron chi connectivity index (χ3n) is 9.83. The van der Waals surface area contributed by atoms with Gasteiger partial charge in [-0.1, -0.05) is 19.4 Å². The van der Waals surface area contributed by atoms with Crippen LogP contribution in [-0.4, -0.2) is 17.5 Å². The SMILES string of the molecule is C[C@H]1CCC(CO)C12CCC1C3CCC4=CC(=O)CCC4=C3CCC12C.